The minimum absolute atomic E-state index is 0.185. The molecule has 0 spiro atoms. The van der Waals surface area contributed by atoms with E-state index in [1.165, 1.54) is 4.90 Å². The fraction of sp³-hybridized carbons (Fsp3) is 0.600. The molecule has 5 heteroatoms. The van der Waals surface area contributed by atoms with Crippen molar-refractivity contribution in [2.45, 2.75) is 50.2 Å². The number of aromatic nitrogens is 1. The van der Waals surface area contributed by atoms with Gasteiger partial charge in [-0.1, -0.05) is 0 Å². The van der Waals surface area contributed by atoms with Gasteiger partial charge in [0.1, 0.15) is 5.60 Å². The van der Waals surface area contributed by atoms with Crippen molar-refractivity contribution < 1.29 is 9.53 Å². The van der Waals surface area contributed by atoms with Gasteiger partial charge in [0, 0.05) is 35.6 Å². The Bertz CT molecular complexity index is 445. The summed E-state index contributed by atoms with van der Waals surface area (Å²) in [7, 11) is 0. The van der Waals surface area contributed by atoms with Gasteiger partial charge < -0.3 is 9.64 Å². The van der Waals surface area contributed by atoms with Crippen molar-refractivity contribution in [3.05, 3.63) is 24.5 Å². The molecule has 0 radical (unpaired) electrons. The van der Waals surface area contributed by atoms with Crippen LogP contribution in [-0.2, 0) is 4.74 Å². The maximum Gasteiger partial charge on any atom is 0.410 e. The lowest BCUT2D eigenvalue weighted by Gasteiger charge is -2.28. The number of hydrogen-bond acceptors (Lipinski definition) is 4. The lowest BCUT2D eigenvalue weighted by atomic mass is 10.2. The number of hydrogen-bond donors (Lipinski definition) is 0. The van der Waals surface area contributed by atoms with Crippen LogP contribution >= 0.6 is 11.8 Å². The van der Waals surface area contributed by atoms with Crippen molar-refractivity contribution >= 4 is 17.9 Å². The Hall–Kier alpha value is -1.23. The molecule has 1 aromatic heterocycles. The first-order valence-corrected chi connectivity index (χ1v) is 7.97. The molecule has 0 aromatic carbocycles. The first-order chi connectivity index (χ1) is 9.46. The molecule has 110 valence electrons. The van der Waals surface area contributed by atoms with Crippen LogP contribution < -0.4 is 0 Å². The number of likely N-dealkylation sites (tertiary alicyclic amines) is 1. The fourth-order valence-corrected chi connectivity index (χ4v) is 3.24. The van der Waals surface area contributed by atoms with Gasteiger partial charge in [-0.2, -0.15) is 0 Å². The Morgan fingerprint density at radius 3 is 2.80 bits per heavy atom. The molecule has 2 heterocycles. The topological polar surface area (TPSA) is 42.4 Å². The second-order valence-corrected chi connectivity index (χ2v) is 7.06. The highest BCUT2D eigenvalue weighted by Gasteiger charge is 2.31. The molecule has 0 unspecified atom stereocenters. The normalized spacial score (nSPS) is 19.1. The van der Waals surface area contributed by atoms with E-state index < -0.39 is 5.60 Å². The summed E-state index contributed by atoms with van der Waals surface area (Å²) in [6, 6.07) is 4.26. The van der Waals surface area contributed by atoms with Crippen molar-refractivity contribution in [3.63, 3.8) is 0 Å². The molecule has 0 saturated carbocycles. The highest BCUT2D eigenvalue weighted by molar-refractivity contribution is 7.99. The molecule has 1 aliphatic rings. The number of pyridine rings is 1. The molecule has 20 heavy (non-hydrogen) atoms. The zero-order chi connectivity index (χ0) is 14.6. The lowest BCUT2D eigenvalue weighted by Crippen LogP contribution is -2.40. The van der Waals surface area contributed by atoms with Gasteiger partial charge in [-0.15, -0.1) is 11.8 Å². The third-order valence-corrected chi connectivity index (χ3v) is 4.25. The van der Waals surface area contributed by atoms with E-state index in [9.17, 15) is 4.79 Å². The van der Waals surface area contributed by atoms with E-state index in [-0.39, 0.29) is 12.1 Å². The van der Waals surface area contributed by atoms with Crippen molar-refractivity contribution in [3.8, 4) is 0 Å². The third kappa shape index (κ3) is 4.40. The molecular formula is C15H22N2O2S. The number of ether oxygens (including phenoxy) is 1. The van der Waals surface area contributed by atoms with Crippen LogP contribution in [0.25, 0.3) is 0 Å². The Kier molecular flexibility index (Phi) is 4.91. The SMILES string of the molecule is CC(C)(C)OC(=O)N1CCC[C@H]1CSc1ccncc1. The third-order valence-electron chi connectivity index (χ3n) is 3.10. The lowest BCUT2D eigenvalue weighted by molar-refractivity contribution is 0.0242. The van der Waals surface area contributed by atoms with Gasteiger partial charge in [-0.05, 0) is 45.7 Å². The van der Waals surface area contributed by atoms with Crippen LogP contribution in [0.5, 0.6) is 0 Å². The van der Waals surface area contributed by atoms with E-state index >= 15 is 0 Å². The number of nitrogens with zero attached hydrogens (tertiary/aromatic N) is 2. The maximum atomic E-state index is 12.2. The number of rotatable bonds is 3. The molecule has 0 bridgehead atoms. The summed E-state index contributed by atoms with van der Waals surface area (Å²) >= 11 is 1.77. The van der Waals surface area contributed by atoms with Crippen molar-refractivity contribution in [1.29, 1.82) is 0 Å². The maximum absolute atomic E-state index is 12.2. The average Bonchev–Trinajstić information content (AvgIpc) is 2.84. The predicted molar refractivity (Wildman–Crippen MR) is 80.9 cm³/mol. The zero-order valence-electron chi connectivity index (χ0n) is 12.3. The average molecular weight is 294 g/mol. The van der Waals surface area contributed by atoms with Gasteiger partial charge >= 0.3 is 6.09 Å². The molecule has 1 amide bonds. The second-order valence-electron chi connectivity index (χ2n) is 5.96. The molecule has 0 N–H and O–H groups in total. The van der Waals surface area contributed by atoms with Gasteiger partial charge in [-0.3, -0.25) is 4.98 Å². The molecule has 1 fully saturated rings. The van der Waals surface area contributed by atoms with Crippen LogP contribution in [0.4, 0.5) is 4.79 Å². The minimum Gasteiger partial charge on any atom is -0.444 e. The van der Waals surface area contributed by atoms with Crippen molar-refractivity contribution in [2.24, 2.45) is 0 Å². The van der Waals surface area contributed by atoms with E-state index in [1.807, 2.05) is 37.8 Å². The molecule has 1 saturated heterocycles. The quantitative estimate of drug-likeness (QED) is 0.799. The van der Waals surface area contributed by atoms with Gasteiger partial charge in [0.05, 0.1) is 0 Å². The summed E-state index contributed by atoms with van der Waals surface area (Å²) in [6.45, 7) is 6.52. The largest absolute Gasteiger partial charge is 0.444 e. The van der Waals surface area contributed by atoms with Gasteiger partial charge in [-0.25, -0.2) is 4.79 Å². The van der Waals surface area contributed by atoms with Crippen LogP contribution in [0.3, 0.4) is 0 Å². The summed E-state index contributed by atoms with van der Waals surface area (Å²) in [5.41, 5.74) is -0.428. The molecular weight excluding hydrogens is 272 g/mol. The minimum atomic E-state index is -0.428. The highest BCUT2D eigenvalue weighted by atomic mass is 32.2. The Balaban J connectivity index is 1.89. The van der Waals surface area contributed by atoms with Gasteiger partial charge in [0.25, 0.3) is 0 Å². The molecule has 1 atom stereocenters. The Labute approximate surface area is 124 Å². The second kappa shape index (κ2) is 6.48. The highest BCUT2D eigenvalue weighted by Crippen LogP contribution is 2.26. The molecule has 1 aromatic rings. The number of amides is 1. The Morgan fingerprint density at radius 1 is 1.45 bits per heavy atom. The molecule has 4 nitrogen and oxygen atoms in total. The zero-order valence-corrected chi connectivity index (χ0v) is 13.2. The van der Waals surface area contributed by atoms with Crippen molar-refractivity contribution in [1.82, 2.24) is 9.88 Å². The first-order valence-electron chi connectivity index (χ1n) is 6.98. The Morgan fingerprint density at radius 2 is 2.15 bits per heavy atom. The van der Waals surface area contributed by atoms with Crippen LogP contribution in [0.1, 0.15) is 33.6 Å². The summed E-state index contributed by atoms with van der Waals surface area (Å²) in [5.74, 6) is 0.906. The fourth-order valence-electron chi connectivity index (χ4n) is 2.20. The standard InChI is InChI=1S/C15H22N2O2S/c1-15(2,3)19-14(18)17-10-4-5-12(17)11-20-13-6-8-16-9-7-13/h6-9,12H,4-5,10-11H2,1-3H3/t12-/m0/s1. The van der Waals surface area contributed by atoms with E-state index in [1.54, 1.807) is 24.2 Å². The summed E-state index contributed by atoms with van der Waals surface area (Å²) in [5, 5.41) is 0. The van der Waals surface area contributed by atoms with E-state index in [4.69, 9.17) is 4.74 Å². The molecule has 1 aliphatic heterocycles. The van der Waals surface area contributed by atoms with Gasteiger partial charge in [0.15, 0.2) is 0 Å². The summed E-state index contributed by atoms with van der Waals surface area (Å²) in [6.07, 6.45) is 5.51. The van der Waals surface area contributed by atoms with Gasteiger partial charge in [0.2, 0.25) is 0 Å². The van der Waals surface area contributed by atoms with Crippen LogP contribution in [0.15, 0.2) is 29.4 Å². The van der Waals surface area contributed by atoms with Crippen LogP contribution in [-0.4, -0.2) is 39.9 Å². The molecule has 2 rings (SSSR count). The predicted octanol–water partition coefficient (Wildman–Crippen LogP) is 3.57. The van der Waals surface area contributed by atoms with E-state index in [2.05, 4.69) is 4.98 Å². The number of carbonyl (C=O) groups is 1. The smallest absolute Gasteiger partial charge is 0.410 e. The first kappa shape index (κ1) is 15.2. The van der Waals surface area contributed by atoms with E-state index in [0.29, 0.717) is 0 Å². The van der Waals surface area contributed by atoms with E-state index in [0.717, 1.165) is 25.1 Å². The monoisotopic (exact) mass is 294 g/mol. The number of carbonyl (C=O) groups excluding carboxylic acids is 1. The summed E-state index contributed by atoms with van der Waals surface area (Å²) in [4.78, 5) is 19.2. The van der Waals surface area contributed by atoms with Crippen molar-refractivity contribution in [2.75, 3.05) is 12.3 Å². The summed E-state index contributed by atoms with van der Waals surface area (Å²) < 4.78 is 5.47. The van der Waals surface area contributed by atoms with Crippen LogP contribution in [0, 0.1) is 0 Å². The van der Waals surface area contributed by atoms with Crippen LogP contribution in [0.2, 0.25) is 0 Å². The number of thioether (sulfide) groups is 1. The molecule has 0 aliphatic carbocycles.